The van der Waals surface area contributed by atoms with Gasteiger partial charge in [-0.2, -0.15) is 13.2 Å². The number of hydrogen-bond donors (Lipinski definition) is 1. The van der Waals surface area contributed by atoms with Crippen molar-refractivity contribution in [3.8, 4) is 5.88 Å². The summed E-state index contributed by atoms with van der Waals surface area (Å²) in [5.74, 6) is 0.303. The van der Waals surface area contributed by atoms with E-state index in [1.807, 2.05) is 0 Å². The van der Waals surface area contributed by atoms with Gasteiger partial charge in [-0.25, -0.2) is 13.4 Å². The predicted molar refractivity (Wildman–Crippen MR) is 73.0 cm³/mol. The van der Waals surface area contributed by atoms with E-state index in [0.717, 1.165) is 12.1 Å². The highest BCUT2D eigenvalue weighted by Gasteiger charge is 2.30. The number of aromatic nitrogens is 1. The van der Waals surface area contributed by atoms with Crippen LogP contribution in [0.15, 0.2) is 47.5 Å². The molecule has 0 atom stereocenters. The Morgan fingerprint density at radius 1 is 1.09 bits per heavy atom. The van der Waals surface area contributed by atoms with E-state index < -0.39 is 21.8 Å². The van der Waals surface area contributed by atoms with Gasteiger partial charge in [-0.3, -0.25) is 4.72 Å². The fraction of sp³-hybridized carbons (Fsp3) is 0.154. The summed E-state index contributed by atoms with van der Waals surface area (Å²) in [4.78, 5) is 3.54. The van der Waals surface area contributed by atoms with Crippen molar-refractivity contribution >= 4 is 15.7 Å². The molecule has 22 heavy (non-hydrogen) atoms. The van der Waals surface area contributed by atoms with E-state index in [1.54, 1.807) is 0 Å². The van der Waals surface area contributed by atoms with Crippen molar-refractivity contribution in [3.05, 3.63) is 48.2 Å². The zero-order valence-electron chi connectivity index (χ0n) is 11.3. The molecule has 0 amide bonds. The lowest BCUT2D eigenvalue weighted by molar-refractivity contribution is -0.137. The van der Waals surface area contributed by atoms with Crippen molar-refractivity contribution in [2.24, 2.45) is 0 Å². The maximum absolute atomic E-state index is 12.4. The number of methoxy groups -OCH3 is 1. The third-order valence-electron chi connectivity index (χ3n) is 2.69. The van der Waals surface area contributed by atoms with Crippen LogP contribution in [0.3, 0.4) is 0 Å². The van der Waals surface area contributed by atoms with E-state index in [0.29, 0.717) is 18.0 Å². The average molecular weight is 332 g/mol. The third-order valence-corrected chi connectivity index (χ3v) is 4.09. The number of hydrogen-bond acceptors (Lipinski definition) is 4. The summed E-state index contributed by atoms with van der Waals surface area (Å²) in [6.45, 7) is 0. The molecule has 1 N–H and O–H groups in total. The van der Waals surface area contributed by atoms with Crippen molar-refractivity contribution in [3.63, 3.8) is 0 Å². The minimum absolute atomic E-state index is 0.167. The predicted octanol–water partition coefficient (Wildman–Crippen LogP) is 2.91. The summed E-state index contributed by atoms with van der Waals surface area (Å²) in [5, 5.41) is 0. The number of sulfonamides is 1. The van der Waals surface area contributed by atoms with E-state index in [4.69, 9.17) is 4.74 Å². The van der Waals surface area contributed by atoms with Crippen LogP contribution in [0.2, 0.25) is 0 Å². The molecule has 1 aromatic heterocycles. The van der Waals surface area contributed by atoms with E-state index in [-0.39, 0.29) is 10.6 Å². The van der Waals surface area contributed by atoms with Gasteiger partial charge in [-0.1, -0.05) is 0 Å². The molecule has 0 bridgehead atoms. The zero-order valence-corrected chi connectivity index (χ0v) is 12.1. The van der Waals surface area contributed by atoms with Gasteiger partial charge in [0.05, 0.1) is 29.5 Å². The lowest BCUT2D eigenvalue weighted by atomic mass is 10.2. The molecule has 9 heteroatoms. The lowest BCUT2D eigenvalue weighted by Gasteiger charge is -2.10. The van der Waals surface area contributed by atoms with Crippen LogP contribution in [-0.4, -0.2) is 20.5 Å². The summed E-state index contributed by atoms with van der Waals surface area (Å²) >= 11 is 0. The van der Waals surface area contributed by atoms with Gasteiger partial charge in [0.1, 0.15) is 0 Å². The smallest absolute Gasteiger partial charge is 0.416 e. The van der Waals surface area contributed by atoms with Gasteiger partial charge in [0.25, 0.3) is 10.0 Å². The van der Waals surface area contributed by atoms with Gasteiger partial charge < -0.3 is 4.74 Å². The summed E-state index contributed by atoms with van der Waals surface area (Å²) in [6.07, 6.45) is -3.28. The van der Waals surface area contributed by atoms with Crippen LogP contribution < -0.4 is 9.46 Å². The van der Waals surface area contributed by atoms with Crippen molar-refractivity contribution < 1.29 is 26.3 Å². The number of rotatable bonds is 4. The van der Waals surface area contributed by atoms with Crippen LogP contribution in [0, 0.1) is 0 Å². The van der Waals surface area contributed by atoms with Crippen LogP contribution in [0.5, 0.6) is 5.88 Å². The molecule has 0 unspecified atom stereocenters. The van der Waals surface area contributed by atoms with E-state index in [2.05, 4.69) is 9.71 Å². The largest absolute Gasteiger partial charge is 0.481 e. The quantitative estimate of drug-likeness (QED) is 0.935. The second-order valence-corrected chi connectivity index (χ2v) is 5.90. The van der Waals surface area contributed by atoms with Gasteiger partial charge in [-0.15, -0.1) is 0 Å². The SMILES string of the molecule is COc1ccc(NS(=O)(=O)c2ccc(C(F)(F)F)cc2)cn1. The molecule has 1 aromatic carbocycles. The minimum Gasteiger partial charge on any atom is -0.481 e. The third kappa shape index (κ3) is 3.67. The monoisotopic (exact) mass is 332 g/mol. The number of ether oxygens (including phenoxy) is 1. The Morgan fingerprint density at radius 2 is 1.73 bits per heavy atom. The second kappa shape index (κ2) is 5.84. The molecule has 2 rings (SSSR count). The Balaban J connectivity index is 2.22. The number of nitrogens with one attached hydrogen (secondary N) is 1. The Labute approximate surface area is 124 Å². The molecule has 118 valence electrons. The van der Waals surface area contributed by atoms with Crippen LogP contribution in [0.1, 0.15) is 5.56 Å². The number of pyridine rings is 1. The van der Waals surface area contributed by atoms with Gasteiger partial charge in [0.2, 0.25) is 5.88 Å². The first kappa shape index (κ1) is 16.1. The first-order valence-corrected chi connectivity index (χ1v) is 7.41. The molecule has 0 saturated heterocycles. The zero-order chi connectivity index (χ0) is 16.4. The number of halogens is 3. The van der Waals surface area contributed by atoms with Crippen LogP contribution in [0.4, 0.5) is 18.9 Å². The first-order chi connectivity index (χ1) is 10.2. The normalized spacial score (nSPS) is 12.0. The molecule has 5 nitrogen and oxygen atoms in total. The standard InChI is InChI=1S/C13H11F3N2O3S/c1-21-12-7-4-10(8-17-12)18-22(19,20)11-5-2-9(3-6-11)13(14,15)16/h2-8,18H,1H3. The van der Waals surface area contributed by atoms with Crippen LogP contribution in [-0.2, 0) is 16.2 Å². The topological polar surface area (TPSA) is 68.3 Å². The van der Waals surface area contributed by atoms with Crippen molar-refractivity contribution in [1.29, 1.82) is 0 Å². The van der Waals surface area contributed by atoms with Crippen LogP contribution in [0.25, 0.3) is 0 Å². The second-order valence-electron chi connectivity index (χ2n) is 4.22. The van der Waals surface area contributed by atoms with Crippen molar-refractivity contribution in [1.82, 2.24) is 4.98 Å². The number of benzene rings is 1. The maximum atomic E-state index is 12.4. The van der Waals surface area contributed by atoms with Gasteiger partial charge in [0.15, 0.2) is 0 Å². The highest BCUT2D eigenvalue weighted by atomic mass is 32.2. The Kier molecular flexibility index (Phi) is 4.27. The number of anilines is 1. The molecule has 0 saturated carbocycles. The molecule has 0 fully saturated rings. The molecule has 1 heterocycles. The summed E-state index contributed by atoms with van der Waals surface area (Å²) in [5.41, 5.74) is -0.752. The Hall–Kier alpha value is -2.29. The van der Waals surface area contributed by atoms with E-state index >= 15 is 0 Å². The average Bonchev–Trinajstić information content (AvgIpc) is 2.47. The van der Waals surface area contributed by atoms with Crippen molar-refractivity contribution in [2.45, 2.75) is 11.1 Å². The Morgan fingerprint density at radius 3 is 2.18 bits per heavy atom. The number of alkyl halides is 3. The fourth-order valence-corrected chi connectivity index (χ4v) is 2.64. The number of nitrogens with zero attached hydrogens (tertiary/aromatic N) is 1. The molecule has 0 aliphatic heterocycles. The minimum atomic E-state index is -4.52. The summed E-state index contributed by atoms with van der Waals surface area (Å²) < 4.78 is 68.5. The molecular formula is C13H11F3N2O3S. The van der Waals surface area contributed by atoms with Gasteiger partial charge in [0, 0.05) is 6.07 Å². The van der Waals surface area contributed by atoms with Crippen LogP contribution >= 0.6 is 0 Å². The summed E-state index contributed by atoms with van der Waals surface area (Å²) in [6, 6.07) is 6.07. The molecule has 0 aliphatic carbocycles. The van der Waals surface area contributed by atoms with E-state index in [1.165, 1.54) is 25.4 Å². The Bertz CT molecular complexity index is 742. The fourth-order valence-electron chi connectivity index (χ4n) is 1.60. The lowest BCUT2D eigenvalue weighted by Crippen LogP contribution is -2.14. The maximum Gasteiger partial charge on any atom is 0.416 e. The first-order valence-electron chi connectivity index (χ1n) is 5.92. The van der Waals surface area contributed by atoms with Gasteiger partial charge in [-0.05, 0) is 30.3 Å². The highest BCUT2D eigenvalue weighted by Crippen LogP contribution is 2.30. The van der Waals surface area contributed by atoms with Crippen molar-refractivity contribution in [2.75, 3.05) is 11.8 Å². The molecule has 0 radical (unpaired) electrons. The van der Waals surface area contributed by atoms with Gasteiger partial charge >= 0.3 is 6.18 Å². The van der Waals surface area contributed by atoms with E-state index in [9.17, 15) is 21.6 Å². The molecule has 2 aromatic rings. The molecule has 0 spiro atoms. The molecular weight excluding hydrogens is 321 g/mol. The molecule has 0 aliphatic rings. The highest BCUT2D eigenvalue weighted by molar-refractivity contribution is 7.92. The summed E-state index contributed by atoms with van der Waals surface area (Å²) in [7, 11) is -2.58.